The number of hydrogen-bond acceptors (Lipinski definition) is 4. The van der Waals surface area contributed by atoms with E-state index < -0.39 is 15.7 Å². The second-order valence-electron chi connectivity index (χ2n) is 6.95. The Balaban J connectivity index is 1.89. The van der Waals surface area contributed by atoms with Crippen LogP contribution >= 0.6 is 0 Å². The normalized spacial score (nSPS) is 12.0. The van der Waals surface area contributed by atoms with Crippen molar-refractivity contribution in [3.8, 4) is 5.82 Å². The number of benzene rings is 1. The molecule has 0 amide bonds. The summed E-state index contributed by atoms with van der Waals surface area (Å²) in [4.78, 5) is 8.76. The maximum absolute atomic E-state index is 13.8. The van der Waals surface area contributed by atoms with Crippen molar-refractivity contribution < 1.29 is 12.8 Å². The number of pyridine rings is 1. The first-order chi connectivity index (χ1) is 13.2. The van der Waals surface area contributed by atoms with Gasteiger partial charge in [-0.25, -0.2) is 22.8 Å². The summed E-state index contributed by atoms with van der Waals surface area (Å²) >= 11 is 0. The minimum atomic E-state index is -3.84. The number of sulfone groups is 1. The van der Waals surface area contributed by atoms with Crippen molar-refractivity contribution >= 4 is 20.7 Å². The molecule has 0 saturated heterocycles. The number of imidazole rings is 1. The molecule has 1 aromatic carbocycles. The lowest BCUT2D eigenvalue weighted by molar-refractivity contribution is 0.595. The van der Waals surface area contributed by atoms with Crippen LogP contribution in [0.15, 0.2) is 52.9 Å². The third-order valence-corrected chi connectivity index (χ3v) is 6.72. The summed E-state index contributed by atoms with van der Waals surface area (Å²) < 4.78 is 44.0. The Morgan fingerprint density at radius 2 is 1.71 bits per heavy atom. The molecule has 4 rings (SSSR count). The number of nitrogens with zero attached hydrogens (tertiary/aromatic N) is 4. The van der Waals surface area contributed by atoms with E-state index in [1.54, 1.807) is 42.4 Å². The summed E-state index contributed by atoms with van der Waals surface area (Å²) in [5.74, 6) is 0.196. The SMILES string of the molecule is Cc1cn(-c2cc(C)c(S(=O)(=O)c3cn(C)c4cc(F)cc(C)c34)cn2)cn1. The molecule has 0 saturated carbocycles. The Kier molecular flexibility index (Phi) is 4.11. The molecule has 0 bridgehead atoms. The smallest absolute Gasteiger partial charge is 0.210 e. The predicted molar refractivity (Wildman–Crippen MR) is 104 cm³/mol. The Morgan fingerprint density at radius 1 is 0.964 bits per heavy atom. The fraction of sp³-hybridized carbons (Fsp3) is 0.200. The molecule has 8 heteroatoms. The molecule has 0 N–H and O–H groups in total. The summed E-state index contributed by atoms with van der Waals surface area (Å²) in [7, 11) is -2.13. The van der Waals surface area contributed by atoms with Crippen molar-refractivity contribution in [3.63, 3.8) is 0 Å². The third-order valence-electron chi connectivity index (χ3n) is 4.82. The van der Waals surface area contributed by atoms with E-state index >= 15 is 0 Å². The topological polar surface area (TPSA) is 69.8 Å². The molecule has 0 aliphatic rings. The summed E-state index contributed by atoms with van der Waals surface area (Å²) in [5.41, 5.74) is 2.53. The fourth-order valence-corrected chi connectivity index (χ4v) is 5.20. The van der Waals surface area contributed by atoms with Crippen LogP contribution in [-0.4, -0.2) is 27.5 Å². The Morgan fingerprint density at radius 3 is 2.36 bits per heavy atom. The number of halogens is 1. The standard InChI is InChI=1S/C20H19FN4O2S/c1-12-6-19(25-9-14(3)23-11-25)22-8-17(12)28(26,27)18-10-24(4)16-7-15(21)5-13(2)20(16)18/h5-11H,1-4H3. The average Bonchev–Trinajstić information content (AvgIpc) is 3.19. The molecule has 0 fully saturated rings. The molecule has 0 atom stereocenters. The van der Waals surface area contributed by atoms with Gasteiger partial charge in [-0.05, 0) is 50.1 Å². The van der Waals surface area contributed by atoms with E-state index in [1.165, 1.54) is 24.5 Å². The van der Waals surface area contributed by atoms with Crippen LogP contribution in [0.1, 0.15) is 16.8 Å². The minimum absolute atomic E-state index is 0.129. The molecule has 144 valence electrons. The fourth-order valence-electron chi connectivity index (χ4n) is 3.45. The predicted octanol–water partition coefficient (Wildman–Crippen LogP) is 3.66. The van der Waals surface area contributed by atoms with Crippen LogP contribution in [0.3, 0.4) is 0 Å². The van der Waals surface area contributed by atoms with Crippen molar-refractivity contribution in [2.75, 3.05) is 0 Å². The molecule has 3 heterocycles. The minimum Gasteiger partial charge on any atom is -0.349 e. The van der Waals surface area contributed by atoms with Crippen LogP contribution < -0.4 is 0 Å². The molecule has 6 nitrogen and oxygen atoms in total. The molecule has 0 aliphatic carbocycles. The van der Waals surface area contributed by atoms with Crippen LogP contribution in [0.25, 0.3) is 16.7 Å². The average molecular weight is 398 g/mol. The highest BCUT2D eigenvalue weighted by Gasteiger charge is 2.26. The van der Waals surface area contributed by atoms with E-state index in [2.05, 4.69) is 9.97 Å². The largest absolute Gasteiger partial charge is 0.349 e. The first kappa shape index (κ1) is 18.4. The summed E-state index contributed by atoms with van der Waals surface area (Å²) in [6.07, 6.45) is 6.35. The maximum Gasteiger partial charge on any atom is 0.210 e. The Bertz CT molecular complexity index is 1340. The second kappa shape index (κ2) is 6.27. The summed E-state index contributed by atoms with van der Waals surface area (Å²) in [6.45, 7) is 5.31. The van der Waals surface area contributed by atoms with E-state index in [0.29, 0.717) is 27.8 Å². The van der Waals surface area contributed by atoms with Crippen LogP contribution in [0.4, 0.5) is 4.39 Å². The van der Waals surface area contributed by atoms with Gasteiger partial charge in [0.15, 0.2) is 0 Å². The van der Waals surface area contributed by atoms with Crippen molar-refractivity contribution in [3.05, 3.63) is 65.8 Å². The van der Waals surface area contributed by atoms with Gasteiger partial charge in [-0.1, -0.05) is 0 Å². The molecule has 0 aliphatic heterocycles. The van der Waals surface area contributed by atoms with Crippen LogP contribution in [-0.2, 0) is 16.9 Å². The van der Waals surface area contributed by atoms with Crippen LogP contribution in [0, 0.1) is 26.6 Å². The zero-order chi connectivity index (χ0) is 20.2. The van der Waals surface area contributed by atoms with E-state index in [1.807, 2.05) is 13.1 Å². The van der Waals surface area contributed by atoms with Crippen LogP contribution in [0.2, 0.25) is 0 Å². The van der Waals surface area contributed by atoms with Crippen molar-refractivity contribution in [2.24, 2.45) is 7.05 Å². The molecule has 4 aromatic rings. The van der Waals surface area contributed by atoms with Crippen LogP contribution in [0.5, 0.6) is 0 Å². The highest BCUT2D eigenvalue weighted by atomic mass is 32.2. The van der Waals surface area contributed by atoms with Gasteiger partial charge >= 0.3 is 0 Å². The Labute approximate surface area is 162 Å². The van der Waals surface area contributed by atoms with E-state index in [-0.39, 0.29) is 9.79 Å². The number of aryl methyl sites for hydroxylation is 4. The van der Waals surface area contributed by atoms with E-state index in [0.717, 1.165) is 5.69 Å². The molecule has 0 unspecified atom stereocenters. The molecule has 3 aromatic heterocycles. The number of hydrogen-bond donors (Lipinski definition) is 0. The number of rotatable bonds is 3. The lowest BCUT2D eigenvalue weighted by Crippen LogP contribution is -2.06. The van der Waals surface area contributed by atoms with Gasteiger partial charge in [0, 0.05) is 31.0 Å². The van der Waals surface area contributed by atoms with Crippen molar-refractivity contribution in [2.45, 2.75) is 30.6 Å². The molecule has 0 radical (unpaired) electrons. The van der Waals surface area contributed by atoms with Gasteiger partial charge in [-0.2, -0.15) is 0 Å². The quantitative estimate of drug-likeness (QED) is 0.528. The van der Waals surface area contributed by atoms with E-state index in [9.17, 15) is 12.8 Å². The second-order valence-corrected chi connectivity index (χ2v) is 8.84. The first-order valence-corrected chi connectivity index (χ1v) is 10.1. The third kappa shape index (κ3) is 2.80. The monoisotopic (exact) mass is 398 g/mol. The van der Waals surface area contributed by atoms with Crippen molar-refractivity contribution in [1.82, 2.24) is 19.1 Å². The molecule has 28 heavy (non-hydrogen) atoms. The van der Waals surface area contributed by atoms with E-state index in [4.69, 9.17) is 0 Å². The zero-order valence-electron chi connectivity index (χ0n) is 15.9. The first-order valence-electron chi connectivity index (χ1n) is 8.66. The molecule has 0 spiro atoms. The van der Waals surface area contributed by atoms with Crippen molar-refractivity contribution in [1.29, 1.82) is 0 Å². The van der Waals surface area contributed by atoms with Gasteiger partial charge in [-0.3, -0.25) is 4.57 Å². The zero-order valence-corrected chi connectivity index (χ0v) is 16.7. The summed E-state index contributed by atoms with van der Waals surface area (Å²) in [5, 5.41) is 0.526. The molecular weight excluding hydrogens is 379 g/mol. The van der Waals surface area contributed by atoms with Gasteiger partial charge in [0.2, 0.25) is 9.84 Å². The maximum atomic E-state index is 13.8. The lowest BCUT2D eigenvalue weighted by atomic mass is 10.1. The van der Waals surface area contributed by atoms with Gasteiger partial charge in [0.1, 0.15) is 18.0 Å². The van der Waals surface area contributed by atoms with Gasteiger partial charge in [0.25, 0.3) is 0 Å². The highest BCUT2D eigenvalue weighted by Crippen LogP contribution is 2.33. The lowest BCUT2D eigenvalue weighted by Gasteiger charge is -2.10. The Hall–Kier alpha value is -3.00. The number of fused-ring (bicyclic) bond motifs is 1. The number of aromatic nitrogens is 4. The van der Waals surface area contributed by atoms with Gasteiger partial charge in [0.05, 0.1) is 21.0 Å². The van der Waals surface area contributed by atoms with Gasteiger partial charge < -0.3 is 4.57 Å². The highest BCUT2D eigenvalue weighted by molar-refractivity contribution is 7.91. The summed E-state index contributed by atoms with van der Waals surface area (Å²) in [6, 6.07) is 4.40. The molecular formula is C20H19FN4O2S. The van der Waals surface area contributed by atoms with Gasteiger partial charge in [-0.15, -0.1) is 0 Å².